The second kappa shape index (κ2) is 5.50. The van der Waals surface area contributed by atoms with Gasteiger partial charge in [-0.2, -0.15) is 0 Å². The number of benzene rings is 2. The van der Waals surface area contributed by atoms with E-state index in [1.54, 1.807) is 36.5 Å². The highest BCUT2D eigenvalue weighted by molar-refractivity contribution is 7.90. The normalized spacial score (nSPS) is 11.7. The molecule has 0 aliphatic rings. The number of hydrogen-bond acceptors (Lipinski definition) is 3. The summed E-state index contributed by atoms with van der Waals surface area (Å²) in [6.45, 7) is 4.29. The Bertz CT molecular complexity index is 909. The van der Waals surface area contributed by atoms with Gasteiger partial charge in [-0.25, -0.2) is 12.4 Å². The Labute approximate surface area is 130 Å². The van der Waals surface area contributed by atoms with Crippen LogP contribution in [0.5, 0.6) is 5.75 Å². The summed E-state index contributed by atoms with van der Waals surface area (Å²) in [4.78, 5) is 0.266. The van der Waals surface area contributed by atoms with Gasteiger partial charge in [-0.15, -0.1) is 0 Å². The Morgan fingerprint density at radius 2 is 1.73 bits per heavy atom. The maximum atomic E-state index is 12.9. The molecule has 0 saturated heterocycles. The van der Waals surface area contributed by atoms with Crippen molar-refractivity contribution in [3.8, 4) is 5.75 Å². The molecule has 114 valence electrons. The van der Waals surface area contributed by atoms with Gasteiger partial charge in [0.15, 0.2) is 0 Å². The van der Waals surface area contributed by atoms with Crippen LogP contribution in [-0.4, -0.2) is 19.0 Å². The van der Waals surface area contributed by atoms with Gasteiger partial charge in [-0.05, 0) is 38.1 Å². The largest absolute Gasteiger partial charge is 0.492 e. The van der Waals surface area contributed by atoms with Crippen LogP contribution >= 0.6 is 0 Å². The molecule has 0 radical (unpaired) electrons. The Hall–Kier alpha value is -2.27. The van der Waals surface area contributed by atoms with Gasteiger partial charge in [0, 0.05) is 5.39 Å². The van der Waals surface area contributed by atoms with Gasteiger partial charge in [-0.1, -0.05) is 29.8 Å². The summed E-state index contributed by atoms with van der Waals surface area (Å²) in [7, 11) is -3.64. The molecule has 2 aromatic carbocycles. The third kappa shape index (κ3) is 2.37. The fourth-order valence-corrected chi connectivity index (χ4v) is 3.77. The van der Waals surface area contributed by atoms with E-state index in [2.05, 4.69) is 0 Å². The van der Waals surface area contributed by atoms with E-state index in [9.17, 15) is 8.42 Å². The van der Waals surface area contributed by atoms with Crippen molar-refractivity contribution in [2.24, 2.45) is 0 Å². The van der Waals surface area contributed by atoms with E-state index in [0.29, 0.717) is 17.9 Å². The standard InChI is InChI=1S/C17H17NO3S/c1-3-21-17-12-18(16-7-5-4-6-15(16)17)22(19,20)14-10-8-13(2)9-11-14/h4-12H,3H2,1-2H3. The van der Waals surface area contributed by atoms with Crippen LogP contribution in [0, 0.1) is 6.92 Å². The van der Waals surface area contributed by atoms with E-state index in [4.69, 9.17) is 4.74 Å². The molecule has 0 bridgehead atoms. The molecule has 0 spiro atoms. The Kier molecular flexibility index (Phi) is 3.66. The second-order valence-corrected chi connectivity index (χ2v) is 6.87. The molecule has 0 aliphatic heterocycles. The number of hydrogen-bond donors (Lipinski definition) is 0. The van der Waals surface area contributed by atoms with Gasteiger partial charge in [0.05, 0.1) is 23.2 Å². The molecule has 0 aliphatic carbocycles. The first kappa shape index (κ1) is 14.7. The van der Waals surface area contributed by atoms with Crippen LogP contribution in [0.3, 0.4) is 0 Å². The number of nitrogens with zero attached hydrogens (tertiary/aromatic N) is 1. The average molecular weight is 315 g/mol. The Morgan fingerprint density at radius 1 is 1.05 bits per heavy atom. The zero-order valence-corrected chi connectivity index (χ0v) is 13.3. The molecule has 1 aromatic heterocycles. The van der Waals surface area contributed by atoms with Crippen LogP contribution in [0.4, 0.5) is 0 Å². The lowest BCUT2D eigenvalue weighted by Crippen LogP contribution is -2.11. The molecule has 0 unspecified atom stereocenters. The minimum Gasteiger partial charge on any atom is -0.492 e. The van der Waals surface area contributed by atoms with Gasteiger partial charge in [0.2, 0.25) is 0 Å². The van der Waals surface area contributed by atoms with Gasteiger partial charge >= 0.3 is 0 Å². The van der Waals surface area contributed by atoms with E-state index in [1.165, 1.54) is 3.97 Å². The third-order valence-electron chi connectivity index (χ3n) is 3.52. The van der Waals surface area contributed by atoms with Gasteiger partial charge < -0.3 is 4.74 Å². The number of aryl methyl sites for hydroxylation is 1. The number of para-hydroxylation sites is 1. The molecule has 22 heavy (non-hydrogen) atoms. The lowest BCUT2D eigenvalue weighted by Gasteiger charge is -2.07. The van der Waals surface area contributed by atoms with Crippen molar-refractivity contribution in [2.75, 3.05) is 6.61 Å². The monoisotopic (exact) mass is 315 g/mol. The van der Waals surface area contributed by atoms with Crippen molar-refractivity contribution in [3.05, 3.63) is 60.3 Å². The summed E-state index contributed by atoms with van der Waals surface area (Å²) in [5.74, 6) is 0.578. The first-order valence-corrected chi connectivity index (χ1v) is 8.53. The zero-order chi connectivity index (χ0) is 15.7. The van der Waals surface area contributed by atoms with Crippen LogP contribution in [0.15, 0.2) is 59.6 Å². The minimum absolute atomic E-state index is 0.266. The molecule has 3 aromatic rings. The third-order valence-corrected chi connectivity index (χ3v) is 5.21. The van der Waals surface area contributed by atoms with Crippen LogP contribution in [0.1, 0.15) is 12.5 Å². The maximum absolute atomic E-state index is 12.9. The quantitative estimate of drug-likeness (QED) is 0.739. The van der Waals surface area contributed by atoms with Gasteiger partial charge in [-0.3, -0.25) is 0 Å². The van der Waals surface area contributed by atoms with Crippen LogP contribution < -0.4 is 4.74 Å². The molecular weight excluding hydrogens is 298 g/mol. The van der Waals surface area contributed by atoms with Crippen LogP contribution in [0.25, 0.3) is 10.9 Å². The van der Waals surface area contributed by atoms with Crippen molar-refractivity contribution in [2.45, 2.75) is 18.7 Å². The smallest absolute Gasteiger partial charge is 0.268 e. The molecule has 0 amide bonds. The van der Waals surface area contributed by atoms with Crippen molar-refractivity contribution < 1.29 is 13.2 Å². The number of rotatable bonds is 4. The molecule has 1 heterocycles. The van der Waals surface area contributed by atoms with E-state index in [1.807, 2.05) is 32.0 Å². The van der Waals surface area contributed by atoms with E-state index in [-0.39, 0.29) is 4.90 Å². The van der Waals surface area contributed by atoms with Crippen molar-refractivity contribution in [1.29, 1.82) is 0 Å². The van der Waals surface area contributed by atoms with Gasteiger partial charge in [0.25, 0.3) is 10.0 Å². The fourth-order valence-electron chi connectivity index (χ4n) is 2.41. The lowest BCUT2D eigenvalue weighted by atomic mass is 10.2. The van der Waals surface area contributed by atoms with E-state index < -0.39 is 10.0 Å². The zero-order valence-electron chi connectivity index (χ0n) is 12.5. The SMILES string of the molecule is CCOc1cn(S(=O)(=O)c2ccc(C)cc2)c2ccccc12. The predicted octanol–water partition coefficient (Wildman–Crippen LogP) is 3.59. The van der Waals surface area contributed by atoms with Crippen molar-refractivity contribution in [1.82, 2.24) is 3.97 Å². The van der Waals surface area contributed by atoms with Gasteiger partial charge in [0.1, 0.15) is 5.75 Å². The molecule has 0 N–H and O–H groups in total. The predicted molar refractivity (Wildman–Crippen MR) is 86.9 cm³/mol. The summed E-state index contributed by atoms with van der Waals surface area (Å²) in [6, 6.07) is 14.2. The van der Waals surface area contributed by atoms with E-state index >= 15 is 0 Å². The number of ether oxygens (including phenoxy) is 1. The second-order valence-electron chi connectivity index (χ2n) is 5.06. The highest BCUT2D eigenvalue weighted by Gasteiger charge is 2.21. The lowest BCUT2D eigenvalue weighted by molar-refractivity contribution is 0.344. The van der Waals surface area contributed by atoms with Crippen LogP contribution in [0.2, 0.25) is 0 Å². The average Bonchev–Trinajstić information content (AvgIpc) is 2.88. The Morgan fingerprint density at radius 3 is 2.41 bits per heavy atom. The fraction of sp³-hybridized carbons (Fsp3) is 0.176. The molecule has 4 nitrogen and oxygen atoms in total. The first-order valence-electron chi connectivity index (χ1n) is 7.09. The summed E-state index contributed by atoms with van der Waals surface area (Å²) < 4.78 is 32.6. The summed E-state index contributed by atoms with van der Waals surface area (Å²) in [6.07, 6.45) is 1.54. The van der Waals surface area contributed by atoms with Crippen molar-refractivity contribution in [3.63, 3.8) is 0 Å². The summed E-state index contributed by atoms with van der Waals surface area (Å²) >= 11 is 0. The molecular formula is C17H17NO3S. The molecule has 0 atom stereocenters. The van der Waals surface area contributed by atoms with Crippen LogP contribution in [-0.2, 0) is 10.0 Å². The minimum atomic E-state index is -3.64. The van der Waals surface area contributed by atoms with Crippen molar-refractivity contribution >= 4 is 20.9 Å². The maximum Gasteiger partial charge on any atom is 0.268 e. The molecule has 0 saturated carbocycles. The topological polar surface area (TPSA) is 48.3 Å². The number of aromatic nitrogens is 1. The summed E-state index contributed by atoms with van der Waals surface area (Å²) in [5.41, 5.74) is 1.64. The van der Waals surface area contributed by atoms with E-state index in [0.717, 1.165) is 10.9 Å². The highest BCUT2D eigenvalue weighted by atomic mass is 32.2. The number of fused-ring (bicyclic) bond motifs is 1. The highest BCUT2D eigenvalue weighted by Crippen LogP contribution is 2.31. The Balaban J connectivity index is 2.23. The summed E-state index contributed by atoms with van der Waals surface area (Å²) in [5, 5.41) is 0.792. The molecule has 5 heteroatoms. The molecule has 0 fully saturated rings. The first-order chi connectivity index (χ1) is 10.5. The molecule has 3 rings (SSSR count).